The fourth-order valence-electron chi connectivity index (χ4n) is 2.58. The van der Waals surface area contributed by atoms with Gasteiger partial charge in [-0.15, -0.1) is 0 Å². The van der Waals surface area contributed by atoms with Crippen LogP contribution in [0.1, 0.15) is 44.2 Å². The summed E-state index contributed by atoms with van der Waals surface area (Å²) in [6, 6.07) is 3.29. The summed E-state index contributed by atoms with van der Waals surface area (Å²) in [5.41, 5.74) is -0.360. The molecule has 0 radical (unpaired) electrons. The number of carbonyl (C=O) groups is 3. The van der Waals surface area contributed by atoms with Crippen LogP contribution in [0, 0.1) is 5.92 Å². The van der Waals surface area contributed by atoms with Crippen LogP contribution in [-0.4, -0.2) is 47.9 Å². The van der Waals surface area contributed by atoms with Crippen molar-refractivity contribution in [2.24, 2.45) is 5.92 Å². The lowest BCUT2D eigenvalue weighted by Crippen LogP contribution is -2.44. The Bertz CT molecular complexity index is 581. The average Bonchev–Trinajstić information content (AvgIpc) is 3.05. The molecule has 1 N–H and O–H groups in total. The summed E-state index contributed by atoms with van der Waals surface area (Å²) in [5.74, 6) is -0.857. The van der Waals surface area contributed by atoms with E-state index in [0.29, 0.717) is 31.7 Å². The first kappa shape index (κ1) is 18.0. The number of hydrogen-bond acceptors (Lipinski definition) is 5. The lowest BCUT2D eigenvalue weighted by Gasteiger charge is -2.30. The number of nitrogens with one attached hydrogen (secondary N) is 1. The Balaban J connectivity index is 1.74. The molecule has 1 aliphatic rings. The topological polar surface area (TPSA) is 88.9 Å². The first-order valence-corrected chi connectivity index (χ1v) is 8.07. The summed E-state index contributed by atoms with van der Waals surface area (Å²) >= 11 is 0. The van der Waals surface area contributed by atoms with E-state index in [1.165, 1.54) is 6.26 Å². The predicted molar refractivity (Wildman–Crippen MR) is 86.2 cm³/mol. The number of carbonyl (C=O) groups excluding carboxylic acids is 3. The van der Waals surface area contributed by atoms with Gasteiger partial charge < -0.3 is 19.4 Å². The molecule has 0 spiro atoms. The van der Waals surface area contributed by atoms with Crippen molar-refractivity contribution in [3.05, 3.63) is 24.2 Å². The second kappa shape index (κ2) is 7.51. The molecule has 0 atom stereocenters. The van der Waals surface area contributed by atoms with Crippen molar-refractivity contribution in [2.75, 3.05) is 19.7 Å². The third-order valence-corrected chi connectivity index (χ3v) is 3.71. The molecular formula is C17H24N2O5. The van der Waals surface area contributed by atoms with Crippen molar-refractivity contribution in [2.45, 2.75) is 39.2 Å². The third kappa shape index (κ3) is 5.11. The quantitative estimate of drug-likeness (QED) is 0.844. The maximum absolute atomic E-state index is 12.1. The van der Waals surface area contributed by atoms with Gasteiger partial charge in [0.2, 0.25) is 0 Å². The number of nitrogens with zero attached hydrogens (tertiary/aromatic N) is 1. The highest BCUT2D eigenvalue weighted by Gasteiger charge is 2.30. The Labute approximate surface area is 141 Å². The Hall–Kier alpha value is -2.31. The van der Waals surface area contributed by atoms with Gasteiger partial charge in [-0.1, -0.05) is 0 Å². The zero-order valence-electron chi connectivity index (χ0n) is 14.3. The van der Waals surface area contributed by atoms with Crippen LogP contribution >= 0.6 is 0 Å². The molecule has 24 heavy (non-hydrogen) atoms. The van der Waals surface area contributed by atoms with Crippen LogP contribution in [0.25, 0.3) is 0 Å². The lowest BCUT2D eigenvalue weighted by atomic mass is 9.97. The molecule has 2 heterocycles. The molecule has 1 aromatic rings. The van der Waals surface area contributed by atoms with E-state index in [2.05, 4.69) is 5.32 Å². The summed E-state index contributed by atoms with van der Waals surface area (Å²) < 4.78 is 10.2. The number of likely N-dealkylation sites (tertiary alicyclic amines) is 1. The van der Waals surface area contributed by atoms with E-state index in [1.54, 1.807) is 17.0 Å². The summed E-state index contributed by atoms with van der Waals surface area (Å²) in [4.78, 5) is 37.5. The molecule has 7 heteroatoms. The van der Waals surface area contributed by atoms with E-state index in [4.69, 9.17) is 9.15 Å². The van der Waals surface area contributed by atoms with E-state index in [0.717, 1.165) is 0 Å². The molecule has 0 aliphatic carbocycles. The van der Waals surface area contributed by atoms with E-state index in [1.807, 2.05) is 20.8 Å². The molecule has 1 aromatic heterocycles. The van der Waals surface area contributed by atoms with Crippen molar-refractivity contribution < 1.29 is 23.5 Å². The van der Waals surface area contributed by atoms with Crippen LogP contribution in [-0.2, 0) is 14.3 Å². The third-order valence-electron chi connectivity index (χ3n) is 3.71. The Morgan fingerprint density at radius 1 is 1.29 bits per heavy atom. The zero-order chi connectivity index (χ0) is 17.7. The molecule has 1 fully saturated rings. The van der Waals surface area contributed by atoms with Gasteiger partial charge >= 0.3 is 5.97 Å². The first-order chi connectivity index (χ1) is 11.3. The van der Waals surface area contributed by atoms with Gasteiger partial charge in [-0.3, -0.25) is 14.4 Å². The van der Waals surface area contributed by atoms with Crippen molar-refractivity contribution >= 4 is 17.8 Å². The summed E-state index contributed by atoms with van der Waals surface area (Å²) in [6.07, 6.45) is 2.50. The largest absolute Gasteiger partial charge is 0.459 e. The smallest absolute Gasteiger partial charge is 0.309 e. The number of furan rings is 1. The van der Waals surface area contributed by atoms with Gasteiger partial charge in [0.25, 0.3) is 11.8 Å². The minimum atomic E-state index is -0.385. The number of rotatable bonds is 4. The Morgan fingerprint density at radius 3 is 2.50 bits per heavy atom. The number of amides is 2. The zero-order valence-corrected chi connectivity index (χ0v) is 14.3. The lowest BCUT2D eigenvalue weighted by molar-refractivity contribution is -0.154. The van der Waals surface area contributed by atoms with Crippen LogP contribution in [0.2, 0.25) is 0 Å². The van der Waals surface area contributed by atoms with Crippen LogP contribution in [0.15, 0.2) is 22.8 Å². The number of hydrogen-bond donors (Lipinski definition) is 1. The molecule has 7 nitrogen and oxygen atoms in total. The standard InChI is InChI=1S/C17H24N2O5/c1-17(2,3)18-14(20)11-24-16(22)12-6-8-19(9-7-12)15(21)13-5-4-10-23-13/h4-5,10,12H,6-9,11H2,1-3H3,(H,18,20). The maximum atomic E-state index is 12.1. The molecule has 0 bridgehead atoms. The SMILES string of the molecule is CC(C)(C)NC(=O)COC(=O)C1CCN(C(=O)c2ccco2)CC1. The second-order valence-corrected chi connectivity index (χ2v) is 6.95. The van der Waals surface area contributed by atoms with Gasteiger partial charge in [0.05, 0.1) is 12.2 Å². The van der Waals surface area contributed by atoms with Gasteiger partial charge in [0, 0.05) is 18.6 Å². The van der Waals surface area contributed by atoms with Crippen LogP contribution in [0.4, 0.5) is 0 Å². The van der Waals surface area contributed by atoms with E-state index in [9.17, 15) is 14.4 Å². The molecular weight excluding hydrogens is 312 g/mol. The molecule has 0 unspecified atom stereocenters. The number of ether oxygens (including phenoxy) is 1. The summed E-state index contributed by atoms with van der Waals surface area (Å²) in [5, 5.41) is 2.74. The van der Waals surface area contributed by atoms with Gasteiger partial charge in [-0.05, 0) is 45.7 Å². The second-order valence-electron chi connectivity index (χ2n) is 6.95. The van der Waals surface area contributed by atoms with Gasteiger partial charge in [0.15, 0.2) is 12.4 Å². The fourth-order valence-corrected chi connectivity index (χ4v) is 2.58. The van der Waals surface area contributed by atoms with Crippen molar-refractivity contribution in [3.63, 3.8) is 0 Å². The monoisotopic (exact) mass is 336 g/mol. The van der Waals surface area contributed by atoms with Crippen molar-refractivity contribution in [1.82, 2.24) is 10.2 Å². The molecule has 132 valence electrons. The van der Waals surface area contributed by atoms with Crippen molar-refractivity contribution in [1.29, 1.82) is 0 Å². The van der Waals surface area contributed by atoms with Crippen LogP contribution in [0.5, 0.6) is 0 Å². The van der Waals surface area contributed by atoms with E-state index < -0.39 is 0 Å². The molecule has 0 saturated carbocycles. The van der Waals surface area contributed by atoms with E-state index >= 15 is 0 Å². The number of piperidine rings is 1. The minimum Gasteiger partial charge on any atom is -0.459 e. The highest BCUT2D eigenvalue weighted by Crippen LogP contribution is 2.20. The fraction of sp³-hybridized carbons (Fsp3) is 0.588. The highest BCUT2D eigenvalue weighted by atomic mass is 16.5. The molecule has 0 aromatic carbocycles. The molecule has 1 saturated heterocycles. The first-order valence-electron chi connectivity index (χ1n) is 8.07. The normalized spacial score (nSPS) is 15.9. The number of esters is 1. The van der Waals surface area contributed by atoms with Gasteiger partial charge in [0.1, 0.15) is 0 Å². The molecule has 2 rings (SSSR count). The summed E-state index contributed by atoms with van der Waals surface area (Å²) in [6.45, 7) is 6.23. The van der Waals surface area contributed by atoms with E-state index in [-0.39, 0.29) is 35.8 Å². The minimum absolute atomic E-state index is 0.170. The van der Waals surface area contributed by atoms with Crippen LogP contribution in [0.3, 0.4) is 0 Å². The highest BCUT2D eigenvalue weighted by molar-refractivity contribution is 5.91. The molecule has 2 amide bonds. The molecule has 1 aliphatic heterocycles. The Kier molecular flexibility index (Phi) is 5.64. The van der Waals surface area contributed by atoms with Gasteiger partial charge in [-0.2, -0.15) is 0 Å². The van der Waals surface area contributed by atoms with Crippen LogP contribution < -0.4 is 5.32 Å². The predicted octanol–water partition coefficient (Wildman–Crippen LogP) is 1.59. The van der Waals surface area contributed by atoms with Gasteiger partial charge in [-0.25, -0.2) is 0 Å². The maximum Gasteiger partial charge on any atom is 0.309 e. The Morgan fingerprint density at radius 2 is 1.96 bits per heavy atom. The average molecular weight is 336 g/mol. The van der Waals surface area contributed by atoms with Crippen molar-refractivity contribution in [3.8, 4) is 0 Å². The summed E-state index contributed by atoms with van der Waals surface area (Å²) in [7, 11) is 0.